The number of halogens is 1. The van der Waals surface area contributed by atoms with Crippen molar-refractivity contribution in [2.24, 2.45) is 0 Å². The Bertz CT molecular complexity index is 630. The fourth-order valence-electron chi connectivity index (χ4n) is 2.71. The summed E-state index contributed by atoms with van der Waals surface area (Å²) in [4.78, 5) is 24.9. The van der Waals surface area contributed by atoms with Gasteiger partial charge in [0.15, 0.2) is 6.10 Å². The molecular weight excluding hydrogens is 370 g/mol. The van der Waals surface area contributed by atoms with Crippen LogP contribution in [-0.2, 0) is 14.3 Å². The molecule has 1 atom stereocenters. The molecule has 0 spiro atoms. The number of carbonyl (C=O) groups excluding carboxylic acids is 2. The summed E-state index contributed by atoms with van der Waals surface area (Å²) in [5.41, 5.74) is 1.42. The van der Waals surface area contributed by atoms with Gasteiger partial charge < -0.3 is 10.1 Å². The lowest BCUT2D eigenvalue weighted by molar-refractivity contribution is -0.154. The van der Waals surface area contributed by atoms with E-state index in [0.717, 1.165) is 24.2 Å². The lowest BCUT2D eigenvalue weighted by Crippen LogP contribution is -2.36. The van der Waals surface area contributed by atoms with Gasteiger partial charge in [-0.1, -0.05) is 23.3 Å². The number of thioether (sulfide) groups is 1. The minimum absolute atomic E-state index is 0.236. The predicted molar refractivity (Wildman–Crippen MR) is 107 cm³/mol. The van der Waals surface area contributed by atoms with E-state index in [2.05, 4.69) is 11.4 Å². The summed E-state index contributed by atoms with van der Waals surface area (Å²) in [6.07, 6.45) is 7.43. The molecule has 0 saturated carbocycles. The molecule has 1 N–H and O–H groups in total. The first-order chi connectivity index (χ1) is 12.5. The zero-order valence-electron chi connectivity index (χ0n) is 15.1. The zero-order chi connectivity index (χ0) is 18.8. The Morgan fingerprint density at radius 3 is 2.73 bits per heavy atom. The van der Waals surface area contributed by atoms with Crippen LogP contribution in [0, 0.1) is 0 Å². The van der Waals surface area contributed by atoms with Gasteiger partial charge in [-0.25, -0.2) is 0 Å². The van der Waals surface area contributed by atoms with Crippen molar-refractivity contribution in [2.45, 2.75) is 56.4 Å². The molecule has 0 fully saturated rings. The quantitative estimate of drug-likeness (QED) is 0.372. The van der Waals surface area contributed by atoms with Gasteiger partial charge in [0.25, 0.3) is 5.91 Å². The highest BCUT2D eigenvalue weighted by Gasteiger charge is 2.17. The molecule has 0 bridgehead atoms. The van der Waals surface area contributed by atoms with Crippen molar-refractivity contribution < 1.29 is 14.3 Å². The molecule has 0 heterocycles. The second-order valence-corrected chi connectivity index (χ2v) is 7.94. The summed E-state index contributed by atoms with van der Waals surface area (Å²) in [5, 5.41) is 3.54. The van der Waals surface area contributed by atoms with Crippen molar-refractivity contribution in [2.75, 3.05) is 12.3 Å². The number of esters is 1. The van der Waals surface area contributed by atoms with Gasteiger partial charge in [0.1, 0.15) is 0 Å². The summed E-state index contributed by atoms with van der Waals surface area (Å²) in [6, 6.07) is 7.46. The molecule has 2 rings (SSSR count). The standard InChI is InChI=1S/C20H26ClNO3S/c1-15(20(24)22-13-11-16-5-3-2-4-6-16)25-19(23)12-14-26-18-9-7-17(21)8-10-18/h5,7-10,15H,2-4,6,11-14H2,1H3,(H,22,24)/t15-/m1/s1. The van der Waals surface area contributed by atoms with E-state index in [1.807, 2.05) is 24.3 Å². The molecule has 0 aromatic heterocycles. The van der Waals surface area contributed by atoms with Crippen LogP contribution in [0.4, 0.5) is 0 Å². The Hall–Kier alpha value is -1.46. The minimum Gasteiger partial charge on any atom is -0.453 e. The first-order valence-corrected chi connectivity index (χ1v) is 10.4. The van der Waals surface area contributed by atoms with Crippen LogP contribution < -0.4 is 5.32 Å². The third kappa shape index (κ3) is 7.83. The Morgan fingerprint density at radius 2 is 2.04 bits per heavy atom. The number of carbonyl (C=O) groups is 2. The van der Waals surface area contributed by atoms with Crippen molar-refractivity contribution in [3.8, 4) is 0 Å². The Morgan fingerprint density at radius 1 is 1.27 bits per heavy atom. The monoisotopic (exact) mass is 395 g/mol. The molecular formula is C20H26ClNO3S. The normalized spacial score (nSPS) is 15.1. The minimum atomic E-state index is -0.761. The fraction of sp³-hybridized carbons (Fsp3) is 0.500. The summed E-state index contributed by atoms with van der Waals surface area (Å²) in [5.74, 6) is 0.00684. The average Bonchev–Trinajstić information content (AvgIpc) is 2.64. The van der Waals surface area contributed by atoms with E-state index in [1.54, 1.807) is 18.7 Å². The van der Waals surface area contributed by atoms with Crippen LogP contribution >= 0.6 is 23.4 Å². The number of rotatable bonds is 9. The fourth-order valence-corrected chi connectivity index (χ4v) is 3.67. The lowest BCUT2D eigenvalue weighted by atomic mass is 9.97. The first-order valence-electron chi connectivity index (χ1n) is 9.08. The molecule has 4 nitrogen and oxygen atoms in total. The molecule has 6 heteroatoms. The van der Waals surface area contributed by atoms with E-state index >= 15 is 0 Å². The number of nitrogens with one attached hydrogen (secondary N) is 1. The third-order valence-electron chi connectivity index (χ3n) is 4.20. The molecule has 0 aliphatic heterocycles. The maximum Gasteiger partial charge on any atom is 0.307 e. The number of hydrogen-bond donors (Lipinski definition) is 1. The Kier molecular flexibility index (Phi) is 9.06. The van der Waals surface area contributed by atoms with Crippen LogP contribution in [0.25, 0.3) is 0 Å². The van der Waals surface area contributed by atoms with Crippen LogP contribution in [0.2, 0.25) is 5.02 Å². The predicted octanol–water partition coefficient (Wildman–Crippen LogP) is 4.76. The lowest BCUT2D eigenvalue weighted by Gasteiger charge is -2.15. The average molecular weight is 396 g/mol. The van der Waals surface area contributed by atoms with Gasteiger partial charge in [-0.2, -0.15) is 0 Å². The van der Waals surface area contributed by atoms with Crippen molar-refractivity contribution in [1.29, 1.82) is 0 Å². The number of hydrogen-bond acceptors (Lipinski definition) is 4. The molecule has 1 amide bonds. The number of allylic oxidation sites excluding steroid dienone is 1. The molecule has 142 valence electrons. The van der Waals surface area contributed by atoms with Gasteiger partial charge in [0, 0.05) is 22.2 Å². The molecule has 1 aromatic rings. The van der Waals surface area contributed by atoms with E-state index in [1.165, 1.54) is 18.4 Å². The van der Waals surface area contributed by atoms with E-state index in [4.69, 9.17) is 16.3 Å². The largest absolute Gasteiger partial charge is 0.453 e. The highest BCUT2D eigenvalue weighted by atomic mass is 35.5. The number of ether oxygens (including phenoxy) is 1. The maximum absolute atomic E-state index is 12.0. The molecule has 1 aliphatic rings. The molecule has 1 aliphatic carbocycles. The van der Waals surface area contributed by atoms with Gasteiger partial charge in [-0.05, 0) is 63.3 Å². The Labute approximate surface area is 164 Å². The molecule has 0 unspecified atom stereocenters. The summed E-state index contributed by atoms with van der Waals surface area (Å²) in [6.45, 7) is 2.21. The summed E-state index contributed by atoms with van der Waals surface area (Å²) in [7, 11) is 0. The van der Waals surface area contributed by atoms with Gasteiger partial charge >= 0.3 is 5.97 Å². The first kappa shape index (κ1) is 20.8. The topological polar surface area (TPSA) is 55.4 Å². The van der Waals surface area contributed by atoms with E-state index in [-0.39, 0.29) is 18.3 Å². The van der Waals surface area contributed by atoms with Crippen LogP contribution in [0.15, 0.2) is 40.8 Å². The van der Waals surface area contributed by atoms with Gasteiger partial charge in [-0.15, -0.1) is 11.8 Å². The van der Waals surface area contributed by atoms with E-state index < -0.39 is 6.10 Å². The second-order valence-electron chi connectivity index (χ2n) is 6.33. The number of amides is 1. The molecule has 0 radical (unpaired) electrons. The summed E-state index contributed by atoms with van der Waals surface area (Å²) < 4.78 is 5.21. The maximum atomic E-state index is 12.0. The van der Waals surface area contributed by atoms with Gasteiger partial charge in [-0.3, -0.25) is 9.59 Å². The van der Waals surface area contributed by atoms with Crippen molar-refractivity contribution in [1.82, 2.24) is 5.32 Å². The van der Waals surface area contributed by atoms with Gasteiger partial charge in [0.2, 0.25) is 0 Å². The second kappa shape index (κ2) is 11.3. The zero-order valence-corrected chi connectivity index (χ0v) is 16.7. The van der Waals surface area contributed by atoms with Gasteiger partial charge in [0.05, 0.1) is 6.42 Å². The number of benzene rings is 1. The van der Waals surface area contributed by atoms with Crippen molar-refractivity contribution in [3.63, 3.8) is 0 Å². The third-order valence-corrected chi connectivity index (χ3v) is 5.46. The highest BCUT2D eigenvalue weighted by Crippen LogP contribution is 2.21. The molecule has 0 saturated heterocycles. The smallest absolute Gasteiger partial charge is 0.307 e. The molecule has 1 aromatic carbocycles. The summed E-state index contributed by atoms with van der Waals surface area (Å²) >= 11 is 7.40. The van der Waals surface area contributed by atoms with E-state index in [9.17, 15) is 9.59 Å². The van der Waals surface area contributed by atoms with Crippen LogP contribution in [0.3, 0.4) is 0 Å². The SMILES string of the molecule is C[C@@H](OC(=O)CCSc1ccc(Cl)cc1)C(=O)NCCC1=CCCCC1. The Balaban J connectivity index is 1.60. The van der Waals surface area contributed by atoms with Crippen molar-refractivity contribution >= 4 is 35.2 Å². The highest BCUT2D eigenvalue weighted by molar-refractivity contribution is 7.99. The van der Waals surface area contributed by atoms with Crippen LogP contribution in [-0.4, -0.2) is 30.3 Å². The van der Waals surface area contributed by atoms with Crippen LogP contribution in [0.5, 0.6) is 0 Å². The van der Waals surface area contributed by atoms with E-state index in [0.29, 0.717) is 17.3 Å². The molecule has 26 heavy (non-hydrogen) atoms. The van der Waals surface area contributed by atoms with Crippen LogP contribution in [0.1, 0.15) is 45.4 Å². The van der Waals surface area contributed by atoms with Crippen molar-refractivity contribution in [3.05, 3.63) is 40.9 Å².